The molecule has 0 spiro atoms. The Hall–Kier alpha value is -1.06. The summed E-state index contributed by atoms with van der Waals surface area (Å²) in [5.41, 5.74) is -0.429. The van der Waals surface area contributed by atoms with Crippen LogP contribution in [-0.2, 0) is 9.53 Å². The molecule has 1 unspecified atom stereocenters. The van der Waals surface area contributed by atoms with E-state index < -0.39 is 5.60 Å². The number of hydrogen-bond donors (Lipinski definition) is 0. The summed E-state index contributed by atoms with van der Waals surface area (Å²) < 4.78 is 5.46. The first-order chi connectivity index (χ1) is 9.35. The van der Waals surface area contributed by atoms with Gasteiger partial charge in [0.2, 0.25) is 0 Å². The Kier molecular flexibility index (Phi) is 4.71. The molecule has 1 aliphatic heterocycles. The number of piperidine rings is 1. The first-order valence-corrected chi connectivity index (χ1v) is 7.85. The highest BCUT2D eigenvalue weighted by Crippen LogP contribution is 2.34. The van der Waals surface area contributed by atoms with Crippen LogP contribution in [0.4, 0.5) is 4.79 Å². The summed E-state index contributed by atoms with van der Waals surface area (Å²) in [6.45, 7) is 7.31. The van der Waals surface area contributed by atoms with Gasteiger partial charge in [-0.15, -0.1) is 0 Å². The molecule has 4 nitrogen and oxygen atoms in total. The van der Waals surface area contributed by atoms with Gasteiger partial charge in [-0.3, -0.25) is 4.79 Å². The fraction of sp³-hybridized carbons (Fsp3) is 0.875. The van der Waals surface area contributed by atoms with Gasteiger partial charge in [-0.1, -0.05) is 0 Å². The highest BCUT2D eigenvalue weighted by atomic mass is 16.6. The van der Waals surface area contributed by atoms with Crippen molar-refractivity contribution in [3.8, 4) is 0 Å². The molecule has 20 heavy (non-hydrogen) atoms. The van der Waals surface area contributed by atoms with Gasteiger partial charge in [-0.2, -0.15) is 0 Å². The van der Waals surface area contributed by atoms with E-state index in [1.807, 2.05) is 25.7 Å². The van der Waals surface area contributed by atoms with Crippen molar-refractivity contribution in [2.75, 3.05) is 13.1 Å². The van der Waals surface area contributed by atoms with E-state index in [2.05, 4.69) is 0 Å². The Balaban J connectivity index is 1.88. The Bertz CT molecular complexity index is 362. The molecule has 2 rings (SSSR count). The van der Waals surface area contributed by atoms with Crippen molar-refractivity contribution in [2.45, 2.75) is 64.9 Å². The van der Waals surface area contributed by atoms with Crippen LogP contribution in [0.15, 0.2) is 0 Å². The molecule has 0 aromatic heterocycles. The van der Waals surface area contributed by atoms with E-state index in [4.69, 9.17) is 4.74 Å². The molecular weight excluding hydrogens is 254 g/mol. The summed E-state index contributed by atoms with van der Waals surface area (Å²) in [5.74, 6) is 1.56. The number of nitrogens with zero attached hydrogens (tertiary/aromatic N) is 1. The van der Waals surface area contributed by atoms with Crippen LogP contribution < -0.4 is 0 Å². The van der Waals surface area contributed by atoms with Gasteiger partial charge < -0.3 is 9.64 Å². The predicted molar refractivity (Wildman–Crippen MR) is 77.5 cm³/mol. The van der Waals surface area contributed by atoms with Crippen LogP contribution in [0.3, 0.4) is 0 Å². The zero-order valence-corrected chi connectivity index (χ0v) is 13.0. The van der Waals surface area contributed by atoms with E-state index in [9.17, 15) is 9.59 Å². The molecule has 1 aliphatic carbocycles. The van der Waals surface area contributed by atoms with Crippen LogP contribution in [0, 0.1) is 11.8 Å². The molecule has 1 saturated heterocycles. The molecule has 2 fully saturated rings. The molecule has 0 radical (unpaired) electrons. The molecule has 1 saturated carbocycles. The second kappa shape index (κ2) is 6.15. The van der Waals surface area contributed by atoms with Crippen LogP contribution in [0.5, 0.6) is 0 Å². The smallest absolute Gasteiger partial charge is 0.410 e. The van der Waals surface area contributed by atoms with Crippen molar-refractivity contribution in [3.63, 3.8) is 0 Å². The van der Waals surface area contributed by atoms with Gasteiger partial charge in [0.1, 0.15) is 11.4 Å². The second-order valence-corrected chi connectivity index (χ2v) is 7.20. The van der Waals surface area contributed by atoms with Gasteiger partial charge >= 0.3 is 6.09 Å². The van der Waals surface area contributed by atoms with E-state index in [0.29, 0.717) is 17.6 Å². The standard InChI is InChI=1S/C16H27NO3/c1-16(2,3)20-15(19)17-10-4-5-13(11-17)12-6-8-14(18)9-7-12/h12-13H,4-11H2,1-3H3. The molecule has 0 aromatic rings. The number of likely N-dealkylation sites (tertiary alicyclic amines) is 1. The summed E-state index contributed by atoms with van der Waals surface area (Å²) >= 11 is 0. The number of ketones is 1. The first kappa shape index (κ1) is 15.3. The Morgan fingerprint density at radius 3 is 2.40 bits per heavy atom. The minimum absolute atomic E-state index is 0.186. The summed E-state index contributed by atoms with van der Waals surface area (Å²) in [7, 11) is 0. The Morgan fingerprint density at radius 1 is 1.15 bits per heavy atom. The number of Topliss-reactive ketones (excluding diaryl/α,β-unsaturated/α-hetero) is 1. The highest BCUT2D eigenvalue weighted by Gasteiger charge is 2.33. The van der Waals surface area contributed by atoms with Gasteiger partial charge in [-0.05, 0) is 58.3 Å². The quantitative estimate of drug-likeness (QED) is 0.740. The van der Waals surface area contributed by atoms with Gasteiger partial charge in [0.05, 0.1) is 0 Å². The lowest BCUT2D eigenvalue weighted by molar-refractivity contribution is -0.121. The molecule has 114 valence electrons. The SMILES string of the molecule is CC(C)(C)OC(=O)N1CCCC(C2CCC(=O)CC2)C1. The van der Waals surface area contributed by atoms with Crippen molar-refractivity contribution in [2.24, 2.45) is 11.8 Å². The third-order valence-corrected chi connectivity index (χ3v) is 4.36. The maximum absolute atomic E-state index is 12.1. The third-order valence-electron chi connectivity index (χ3n) is 4.36. The van der Waals surface area contributed by atoms with E-state index in [0.717, 1.165) is 45.2 Å². The maximum Gasteiger partial charge on any atom is 0.410 e. The lowest BCUT2D eigenvalue weighted by atomic mass is 9.76. The van der Waals surface area contributed by atoms with Crippen LogP contribution in [0.1, 0.15) is 59.3 Å². The fourth-order valence-corrected chi connectivity index (χ4v) is 3.32. The second-order valence-electron chi connectivity index (χ2n) is 7.20. The molecule has 1 amide bonds. The van der Waals surface area contributed by atoms with Gasteiger partial charge in [0.15, 0.2) is 0 Å². The highest BCUT2D eigenvalue weighted by molar-refractivity contribution is 5.79. The van der Waals surface area contributed by atoms with Crippen LogP contribution in [0.2, 0.25) is 0 Å². The minimum Gasteiger partial charge on any atom is -0.444 e. The van der Waals surface area contributed by atoms with Crippen molar-refractivity contribution >= 4 is 11.9 Å². The average Bonchev–Trinajstić information content (AvgIpc) is 2.38. The number of amides is 1. The third kappa shape index (κ3) is 4.22. The van der Waals surface area contributed by atoms with Crippen molar-refractivity contribution < 1.29 is 14.3 Å². The van der Waals surface area contributed by atoms with Crippen LogP contribution in [-0.4, -0.2) is 35.5 Å². The van der Waals surface area contributed by atoms with E-state index in [1.54, 1.807) is 0 Å². The monoisotopic (exact) mass is 281 g/mol. The van der Waals surface area contributed by atoms with Crippen molar-refractivity contribution in [3.05, 3.63) is 0 Å². The van der Waals surface area contributed by atoms with Gasteiger partial charge in [0, 0.05) is 25.9 Å². The molecular formula is C16H27NO3. The normalized spacial score (nSPS) is 25.6. The summed E-state index contributed by atoms with van der Waals surface area (Å²) in [6, 6.07) is 0. The number of ether oxygens (including phenoxy) is 1. The minimum atomic E-state index is -0.429. The largest absolute Gasteiger partial charge is 0.444 e. The average molecular weight is 281 g/mol. The maximum atomic E-state index is 12.1. The molecule has 2 aliphatic rings. The van der Waals surface area contributed by atoms with E-state index in [1.165, 1.54) is 6.42 Å². The van der Waals surface area contributed by atoms with Gasteiger partial charge in [-0.25, -0.2) is 4.79 Å². The molecule has 4 heteroatoms. The zero-order valence-electron chi connectivity index (χ0n) is 13.0. The number of carbonyl (C=O) groups is 2. The Morgan fingerprint density at radius 2 is 1.80 bits per heavy atom. The molecule has 1 heterocycles. The topological polar surface area (TPSA) is 46.6 Å². The fourth-order valence-electron chi connectivity index (χ4n) is 3.32. The predicted octanol–water partition coefficient (Wildman–Crippen LogP) is 3.39. The zero-order chi connectivity index (χ0) is 14.8. The van der Waals surface area contributed by atoms with Crippen LogP contribution in [0.25, 0.3) is 0 Å². The summed E-state index contributed by atoms with van der Waals surface area (Å²) in [6.07, 6.45) is 5.51. The van der Waals surface area contributed by atoms with Gasteiger partial charge in [0.25, 0.3) is 0 Å². The lowest BCUT2D eigenvalue weighted by Gasteiger charge is -2.38. The molecule has 1 atom stereocenters. The number of rotatable bonds is 1. The molecule has 0 aromatic carbocycles. The van der Waals surface area contributed by atoms with E-state index in [-0.39, 0.29) is 6.09 Å². The summed E-state index contributed by atoms with van der Waals surface area (Å²) in [5, 5.41) is 0. The molecule has 0 N–H and O–H groups in total. The number of carbonyl (C=O) groups excluding carboxylic acids is 2. The summed E-state index contributed by atoms with van der Waals surface area (Å²) in [4.78, 5) is 25.3. The van der Waals surface area contributed by atoms with Crippen molar-refractivity contribution in [1.29, 1.82) is 0 Å². The van der Waals surface area contributed by atoms with Crippen molar-refractivity contribution in [1.82, 2.24) is 4.90 Å². The molecule has 0 bridgehead atoms. The number of hydrogen-bond acceptors (Lipinski definition) is 3. The first-order valence-electron chi connectivity index (χ1n) is 7.85. The van der Waals surface area contributed by atoms with Crippen LogP contribution >= 0.6 is 0 Å². The Labute approximate surface area is 121 Å². The van der Waals surface area contributed by atoms with E-state index >= 15 is 0 Å². The lowest BCUT2D eigenvalue weighted by Crippen LogP contribution is -2.44.